The summed E-state index contributed by atoms with van der Waals surface area (Å²) in [5.74, 6) is 0.423. The number of nitrogens with two attached hydrogens (primary N) is 1. The van der Waals surface area contributed by atoms with E-state index in [1.54, 1.807) is 0 Å². The van der Waals surface area contributed by atoms with E-state index < -0.39 is 0 Å². The van der Waals surface area contributed by atoms with Crippen LogP contribution in [0.4, 0.5) is 0 Å². The van der Waals surface area contributed by atoms with E-state index in [4.69, 9.17) is 10.5 Å². The highest BCUT2D eigenvalue weighted by atomic mass is 16.5. The number of hydrogen-bond donors (Lipinski definition) is 1. The van der Waals surface area contributed by atoms with Crippen molar-refractivity contribution in [2.45, 2.75) is 50.9 Å². The molecule has 1 fully saturated rings. The standard InChI is InChI=1S/C13H20N2O/c1-9(11-5-7-15-8-6-11)12-3-4-13(16-12)10(2)14/h5-10,12-13H,3-4,14H2,1-2H3. The lowest BCUT2D eigenvalue weighted by atomic mass is 9.94. The maximum Gasteiger partial charge on any atom is 0.0728 e. The average molecular weight is 220 g/mol. The van der Waals surface area contributed by atoms with Crippen molar-refractivity contribution in [2.24, 2.45) is 5.73 Å². The van der Waals surface area contributed by atoms with Crippen LogP contribution in [0.15, 0.2) is 24.5 Å². The molecule has 2 heterocycles. The van der Waals surface area contributed by atoms with Crippen molar-refractivity contribution >= 4 is 0 Å². The van der Waals surface area contributed by atoms with E-state index in [1.807, 2.05) is 19.3 Å². The molecule has 0 aromatic carbocycles. The molecule has 0 spiro atoms. The van der Waals surface area contributed by atoms with E-state index in [0.29, 0.717) is 12.0 Å². The molecule has 0 aliphatic carbocycles. The van der Waals surface area contributed by atoms with Gasteiger partial charge >= 0.3 is 0 Å². The van der Waals surface area contributed by atoms with Crippen LogP contribution in [0, 0.1) is 0 Å². The molecule has 0 saturated carbocycles. The zero-order chi connectivity index (χ0) is 11.5. The molecule has 2 N–H and O–H groups in total. The predicted molar refractivity (Wildman–Crippen MR) is 64.2 cm³/mol. The van der Waals surface area contributed by atoms with E-state index in [-0.39, 0.29) is 12.1 Å². The summed E-state index contributed by atoms with van der Waals surface area (Å²) in [5.41, 5.74) is 7.16. The van der Waals surface area contributed by atoms with Crippen LogP contribution in [-0.2, 0) is 4.74 Å². The summed E-state index contributed by atoms with van der Waals surface area (Å²) in [6.07, 6.45) is 6.40. The van der Waals surface area contributed by atoms with Gasteiger partial charge in [0.05, 0.1) is 12.2 Å². The van der Waals surface area contributed by atoms with Crippen molar-refractivity contribution in [1.29, 1.82) is 0 Å². The fourth-order valence-corrected chi connectivity index (χ4v) is 2.33. The molecule has 88 valence electrons. The van der Waals surface area contributed by atoms with Crippen molar-refractivity contribution in [3.8, 4) is 0 Å². The fraction of sp³-hybridized carbons (Fsp3) is 0.615. The van der Waals surface area contributed by atoms with Gasteiger partial charge in [0.25, 0.3) is 0 Å². The monoisotopic (exact) mass is 220 g/mol. The molecule has 4 unspecified atom stereocenters. The van der Waals surface area contributed by atoms with Crippen LogP contribution >= 0.6 is 0 Å². The zero-order valence-corrected chi connectivity index (χ0v) is 9.97. The minimum Gasteiger partial charge on any atom is -0.373 e. The summed E-state index contributed by atoms with van der Waals surface area (Å²) in [6.45, 7) is 4.23. The van der Waals surface area contributed by atoms with Crippen LogP contribution in [0.5, 0.6) is 0 Å². The Morgan fingerprint density at radius 3 is 2.44 bits per heavy atom. The van der Waals surface area contributed by atoms with Gasteiger partial charge in [-0.2, -0.15) is 0 Å². The molecule has 0 amide bonds. The first-order chi connectivity index (χ1) is 7.68. The van der Waals surface area contributed by atoms with Gasteiger partial charge in [-0.15, -0.1) is 0 Å². The maximum absolute atomic E-state index is 5.99. The second kappa shape index (κ2) is 4.93. The van der Waals surface area contributed by atoms with E-state index in [9.17, 15) is 0 Å². The minimum absolute atomic E-state index is 0.134. The third kappa shape index (κ3) is 2.42. The molecular weight excluding hydrogens is 200 g/mol. The van der Waals surface area contributed by atoms with Gasteiger partial charge in [-0.3, -0.25) is 4.98 Å². The Morgan fingerprint density at radius 2 is 1.88 bits per heavy atom. The average Bonchev–Trinajstić information content (AvgIpc) is 2.78. The molecule has 0 radical (unpaired) electrons. The van der Waals surface area contributed by atoms with Gasteiger partial charge in [-0.25, -0.2) is 0 Å². The summed E-state index contributed by atoms with van der Waals surface area (Å²) in [6, 6.07) is 4.26. The minimum atomic E-state index is 0.134. The summed E-state index contributed by atoms with van der Waals surface area (Å²) < 4.78 is 5.99. The highest BCUT2D eigenvalue weighted by Gasteiger charge is 2.31. The number of rotatable bonds is 3. The van der Waals surface area contributed by atoms with E-state index in [1.165, 1.54) is 5.56 Å². The third-order valence-electron chi connectivity index (χ3n) is 3.46. The lowest BCUT2D eigenvalue weighted by molar-refractivity contribution is 0.0223. The molecule has 16 heavy (non-hydrogen) atoms. The van der Waals surface area contributed by atoms with Crippen LogP contribution in [0.2, 0.25) is 0 Å². The van der Waals surface area contributed by atoms with Gasteiger partial charge in [0.2, 0.25) is 0 Å². The first-order valence-electron chi connectivity index (χ1n) is 5.99. The first-order valence-corrected chi connectivity index (χ1v) is 5.99. The molecule has 2 rings (SSSR count). The SMILES string of the molecule is CC(N)C1CCC(C(C)c2ccncc2)O1. The van der Waals surface area contributed by atoms with Gasteiger partial charge < -0.3 is 10.5 Å². The third-order valence-corrected chi connectivity index (χ3v) is 3.46. The Balaban J connectivity index is 2.00. The normalized spacial score (nSPS) is 28.9. The Morgan fingerprint density at radius 1 is 1.25 bits per heavy atom. The zero-order valence-electron chi connectivity index (χ0n) is 9.97. The Labute approximate surface area is 97.0 Å². The lowest BCUT2D eigenvalue weighted by Crippen LogP contribution is -2.32. The molecular formula is C13H20N2O. The van der Waals surface area contributed by atoms with Gasteiger partial charge in [-0.1, -0.05) is 6.92 Å². The molecule has 0 bridgehead atoms. The van der Waals surface area contributed by atoms with Crippen LogP contribution in [0.3, 0.4) is 0 Å². The lowest BCUT2D eigenvalue weighted by Gasteiger charge is -2.21. The highest BCUT2D eigenvalue weighted by Crippen LogP contribution is 2.32. The van der Waals surface area contributed by atoms with Crippen molar-refractivity contribution in [1.82, 2.24) is 4.98 Å². The Bertz CT molecular complexity index is 326. The Kier molecular flexibility index (Phi) is 3.56. The van der Waals surface area contributed by atoms with Crippen LogP contribution in [-0.4, -0.2) is 23.2 Å². The molecule has 3 heteroatoms. The molecule has 3 nitrogen and oxygen atoms in total. The van der Waals surface area contributed by atoms with Gasteiger partial charge in [-0.05, 0) is 37.5 Å². The van der Waals surface area contributed by atoms with Crippen LogP contribution in [0.1, 0.15) is 38.2 Å². The van der Waals surface area contributed by atoms with E-state index >= 15 is 0 Å². The first kappa shape index (κ1) is 11.6. The smallest absolute Gasteiger partial charge is 0.0728 e. The topological polar surface area (TPSA) is 48.1 Å². The second-order valence-corrected chi connectivity index (χ2v) is 4.72. The van der Waals surface area contributed by atoms with Gasteiger partial charge in [0.15, 0.2) is 0 Å². The molecule has 1 saturated heterocycles. The largest absolute Gasteiger partial charge is 0.373 e. The van der Waals surface area contributed by atoms with E-state index in [0.717, 1.165) is 12.8 Å². The number of hydrogen-bond acceptors (Lipinski definition) is 3. The molecule has 1 aromatic rings. The molecule has 1 aromatic heterocycles. The number of ether oxygens (including phenoxy) is 1. The highest BCUT2D eigenvalue weighted by molar-refractivity contribution is 5.16. The van der Waals surface area contributed by atoms with Crippen molar-refractivity contribution in [3.63, 3.8) is 0 Å². The fourth-order valence-electron chi connectivity index (χ4n) is 2.33. The summed E-state index contributed by atoms with van der Waals surface area (Å²) in [7, 11) is 0. The van der Waals surface area contributed by atoms with Crippen LogP contribution in [0.25, 0.3) is 0 Å². The number of aromatic nitrogens is 1. The second-order valence-electron chi connectivity index (χ2n) is 4.72. The quantitative estimate of drug-likeness (QED) is 0.848. The van der Waals surface area contributed by atoms with Gasteiger partial charge in [0, 0.05) is 24.4 Å². The van der Waals surface area contributed by atoms with Crippen LogP contribution < -0.4 is 5.73 Å². The van der Waals surface area contributed by atoms with Crippen molar-refractivity contribution < 1.29 is 4.74 Å². The Hall–Kier alpha value is -0.930. The summed E-state index contributed by atoms with van der Waals surface area (Å²) in [4.78, 5) is 4.04. The predicted octanol–water partition coefficient (Wildman–Crippen LogP) is 2.08. The maximum atomic E-state index is 5.99. The van der Waals surface area contributed by atoms with E-state index in [2.05, 4.69) is 24.0 Å². The number of nitrogens with zero attached hydrogens (tertiary/aromatic N) is 1. The molecule has 1 aliphatic heterocycles. The summed E-state index contributed by atoms with van der Waals surface area (Å²) in [5, 5.41) is 0. The molecule has 1 aliphatic rings. The number of pyridine rings is 1. The van der Waals surface area contributed by atoms with Crippen molar-refractivity contribution in [3.05, 3.63) is 30.1 Å². The van der Waals surface area contributed by atoms with Crippen molar-refractivity contribution in [2.75, 3.05) is 0 Å². The molecule has 4 atom stereocenters. The summed E-state index contributed by atoms with van der Waals surface area (Å²) >= 11 is 0. The van der Waals surface area contributed by atoms with Gasteiger partial charge in [0.1, 0.15) is 0 Å².